The molecule has 3 aromatic rings. The van der Waals surface area contributed by atoms with Crippen molar-refractivity contribution >= 4 is 38.4 Å². The van der Waals surface area contributed by atoms with Crippen LogP contribution in [0.15, 0.2) is 58.2 Å². The van der Waals surface area contributed by atoms with Crippen molar-refractivity contribution in [2.45, 2.75) is 11.8 Å². The number of sulfonamides is 1. The van der Waals surface area contributed by atoms with Crippen LogP contribution < -0.4 is 9.38 Å². The first kappa shape index (κ1) is 16.5. The molecule has 0 amide bonds. The highest BCUT2D eigenvalue weighted by molar-refractivity contribution is 7.94. The van der Waals surface area contributed by atoms with Gasteiger partial charge in [-0.3, -0.25) is 4.79 Å². The molecule has 0 saturated heterocycles. The molecule has 24 heavy (non-hydrogen) atoms. The van der Waals surface area contributed by atoms with E-state index in [1.807, 2.05) is 0 Å². The second-order valence-corrected chi connectivity index (χ2v) is 7.50. The quantitative estimate of drug-likeness (QED) is 0.723. The van der Waals surface area contributed by atoms with E-state index in [-0.39, 0.29) is 11.2 Å². The number of fused-ring (bicyclic) bond motifs is 1. The minimum absolute atomic E-state index is 0.138. The molecule has 0 saturated carbocycles. The number of aromatic nitrogens is 1. The SMILES string of the molecule is Cc1cc2cc(N(Cl)S(=O)(=O)c3ccccc3F)ccc2[nH]c1=O. The van der Waals surface area contributed by atoms with Crippen molar-refractivity contribution in [2.24, 2.45) is 0 Å². The Morgan fingerprint density at radius 3 is 2.54 bits per heavy atom. The average molecular weight is 367 g/mol. The molecule has 0 atom stereocenters. The van der Waals surface area contributed by atoms with Crippen molar-refractivity contribution in [3.63, 3.8) is 0 Å². The molecule has 3 rings (SSSR count). The molecule has 0 aliphatic heterocycles. The number of pyridine rings is 1. The van der Waals surface area contributed by atoms with Gasteiger partial charge in [-0.05, 0) is 43.3 Å². The number of H-pyrrole nitrogens is 1. The number of rotatable bonds is 3. The molecule has 0 fully saturated rings. The number of hydrogen-bond acceptors (Lipinski definition) is 3. The second-order valence-electron chi connectivity index (χ2n) is 5.20. The number of benzene rings is 2. The fraction of sp³-hybridized carbons (Fsp3) is 0.0625. The summed E-state index contributed by atoms with van der Waals surface area (Å²) in [5.41, 5.74) is 0.941. The maximum atomic E-state index is 13.8. The molecule has 0 aliphatic rings. The van der Waals surface area contributed by atoms with Crippen LogP contribution in [0, 0.1) is 12.7 Å². The lowest BCUT2D eigenvalue weighted by atomic mass is 10.1. The minimum atomic E-state index is -4.26. The summed E-state index contributed by atoms with van der Waals surface area (Å²) in [6.45, 7) is 1.64. The van der Waals surface area contributed by atoms with Crippen LogP contribution in [0.4, 0.5) is 10.1 Å². The summed E-state index contributed by atoms with van der Waals surface area (Å²) in [5.74, 6) is -0.885. The summed E-state index contributed by atoms with van der Waals surface area (Å²) in [5, 5.41) is 0.610. The summed E-state index contributed by atoms with van der Waals surface area (Å²) in [6, 6.07) is 11.1. The number of aryl methyl sites for hydroxylation is 1. The number of hydrogen-bond donors (Lipinski definition) is 1. The van der Waals surface area contributed by atoms with Crippen molar-refractivity contribution in [2.75, 3.05) is 3.82 Å². The van der Waals surface area contributed by atoms with Crippen molar-refractivity contribution in [3.8, 4) is 0 Å². The highest BCUT2D eigenvalue weighted by Gasteiger charge is 2.26. The lowest BCUT2D eigenvalue weighted by Crippen LogP contribution is -2.22. The van der Waals surface area contributed by atoms with Crippen molar-refractivity contribution < 1.29 is 12.8 Å². The number of aromatic amines is 1. The summed E-state index contributed by atoms with van der Waals surface area (Å²) < 4.78 is 39.3. The zero-order chi connectivity index (χ0) is 17.5. The van der Waals surface area contributed by atoms with Gasteiger partial charge in [-0.2, -0.15) is 12.2 Å². The number of halogens is 2. The van der Waals surface area contributed by atoms with E-state index in [1.54, 1.807) is 13.0 Å². The minimum Gasteiger partial charge on any atom is -0.322 e. The smallest absolute Gasteiger partial charge is 0.281 e. The van der Waals surface area contributed by atoms with E-state index < -0.39 is 20.7 Å². The molecule has 0 bridgehead atoms. The Morgan fingerprint density at radius 2 is 1.83 bits per heavy atom. The van der Waals surface area contributed by atoms with Gasteiger partial charge in [0.2, 0.25) is 0 Å². The predicted octanol–water partition coefficient (Wildman–Crippen LogP) is 3.32. The molecule has 5 nitrogen and oxygen atoms in total. The van der Waals surface area contributed by atoms with Crippen LogP contribution in [0.2, 0.25) is 0 Å². The number of nitrogens with one attached hydrogen (secondary N) is 1. The fourth-order valence-electron chi connectivity index (χ4n) is 2.29. The third-order valence-electron chi connectivity index (χ3n) is 3.54. The molecule has 124 valence electrons. The number of anilines is 1. The highest BCUT2D eigenvalue weighted by atomic mass is 35.5. The summed E-state index contributed by atoms with van der Waals surface area (Å²) in [7, 11) is -4.26. The largest absolute Gasteiger partial charge is 0.322 e. The van der Waals surface area contributed by atoms with Crippen LogP contribution in [-0.4, -0.2) is 13.4 Å². The van der Waals surface area contributed by atoms with Crippen LogP contribution in [0.5, 0.6) is 0 Å². The van der Waals surface area contributed by atoms with Gasteiger partial charge in [0.15, 0.2) is 0 Å². The maximum absolute atomic E-state index is 13.8. The molecule has 0 unspecified atom stereocenters. The van der Waals surface area contributed by atoms with Gasteiger partial charge in [-0.1, -0.05) is 12.1 Å². The van der Waals surface area contributed by atoms with Gasteiger partial charge in [0.1, 0.15) is 10.7 Å². The van der Waals surface area contributed by atoms with E-state index in [0.717, 1.165) is 12.1 Å². The van der Waals surface area contributed by atoms with Crippen LogP contribution in [0.3, 0.4) is 0 Å². The van der Waals surface area contributed by atoms with E-state index in [9.17, 15) is 17.6 Å². The molecule has 1 aromatic heterocycles. The monoisotopic (exact) mass is 366 g/mol. The Labute approximate surface area is 142 Å². The topological polar surface area (TPSA) is 70.2 Å². The summed E-state index contributed by atoms with van der Waals surface area (Å²) in [4.78, 5) is 13.8. The highest BCUT2D eigenvalue weighted by Crippen LogP contribution is 2.29. The Balaban J connectivity index is 2.11. The fourth-order valence-corrected chi connectivity index (χ4v) is 3.75. The van der Waals surface area contributed by atoms with Gasteiger partial charge >= 0.3 is 0 Å². The summed E-state index contributed by atoms with van der Waals surface area (Å²) in [6.07, 6.45) is 0. The van der Waals surface area contributed by atoms with Crippen LogP contribution in [0.1, 0.15) is 5.56 Å². The average Bonchev–Trinajstić information content (AvgIpc) is 2.55. The molecular weight excluding hydrogens is 355 g/mol. The lowest BCUT2D eigenvalue weighted by molar-refractivity contribution is 0.568. The second kappa shape index (κ2) is 5.92. The van der Waals surface area contributed by atoms with E-state index >= 15 is 0 Å². The number of nitrogens with zero attached hydrogens (tertiary/aromatic N) is 1. The predicted molar refractivity (Wildman–Crippen MR) is 91.2 cm³/mol. The zero-order valence-electron chi connectivity index (χ0n) is 12.5. The molecule has 1 N–H and O–H groups in total. The zero-order valence-corrected chi connectivity index (χ0v) is 14.0. The van der Waals surface area contributed by atoms with Crippen molar-refractivity contribution in [1.29, 1.82) is 0 Å². The molecule has 1 heterocycles. The van der Waals surface area contributed by atoms with Crippen LogP contribution >= 0.6 is 11.8 Å². The lowest BCUT2D eigenvalue weighted by Gasteiger charge is -2.17. The maximum Gasteiger partial charge on any atom is 0.281 e. The molecule has 0 radical (unpaired) electrons. The van der Waals surface area contributed by atoms with E-state index in [0.29, 0.717) is 20.3 Å². The third-order valence-corrected chi connectivity index (χ3v) is 5.80. The molecular formula is C16H12ClFN2O3S. The summed E-state index contributed by atoms with van der Waals surface area (Å²) >= 11 is 5.98. The van der Waals surface area contributed by atoms with E-state index in [4.69, 9.17) is 11.8 Å². The van der Waals surface area contributed by atoms with Gasteiger partial charge in [-0.25, -0.2) is 4.39 Å². The van der Waals surface area contributed by atoms with E-state index in [1.165, 1.54) is 30.3 Å². The standard InChI is InChI=1S/C16H12ClFN2O3S/c1-10-8-11-9-12(6-7-14(11)19-16(10)21)20(17)24(22,23)15-5-3-2-4-13(15)18/h2-9H,1H3,(H,19,21). The van der Waals surface area contributed by atoms with Gasteiger partial charge in [0.25, 0.3) is 15.6 Å². The third kappa shape index (κ3) is 2.76. The Bertz CT molecular complexity index is 1100. The Morgan fingerprint density at radius 1 is 1.12 bits per heavy atom. The molecule has 2 aromatic carbocycles. The normalized spacial score (nSPS) is 11.6. The Hall–Kier alpha value is -2.38. The van der Waals surface area contributed by atoms with Crippen LogP contribution in [-0.2, 0) is 10.0 Å². The molecule has 8 heteroatoms. The van der Waals surface area contributed by atoms with Gasteiger partial charge in [-0.15, -0.1) is 0 Å². The molecule has 0 aliphatic carbocycles. The first-order valence-corrected chi connectivity index (χ1v) is 8.68. The first-order chi connectivity index (χ1) is 11.3. The van der Waals surface area contributed by atoms with Crippen LogP contribution in [0.25, 0.3) is 10.9 Å². The van der Waals surface area contributed by atoms with Gasteiger partial charge in [0.05, 0.1) is 5.69 Å². The first-order valence-electron chi connectivity index (χ1n) is 6.90. The van der Waals surface area contributed by atoms with Gasteiger partial charge in [0, 0.05) is 28.2 Å². The van der Waals surface area contributed by atoms with Gasteiger partial charge < -0.3 is 4.98 Å². The van der Waals surface area contributed by atoms with Crippen molar-refractivity contribution in [3.05, 3.63) is 70.3 Å². The Kier molecular flexibility index (Phi) is 4.06. The van der Waals surface area contributed by atoms with Crippen molar-refractivity contribution in [1.82, 2.24) is 4.98 Å². The van der Waals surface area contributed by atoms with E-state index in [2.05, 4.69) is 4.98 Å². The molecule has 0 spiro atoms.